The molecular formula is C49H55ClN6O4. The lowest BCUT2D eigenvalue weighted by Crippen LogP contribution is -1.99. The van der Waals surface area contributed by atoms with E-state index in [-0.39, 0.29) is 12.7 Å². The number of ether oxygens (including phenoxy) is 4. The SMILES string of the molecule is C.C=CCCOc1cccc(-c2ccnc(Cl)n2)c1.C=CCCOc1cccc(-c2ccnc(Nc3cccc(COCC=C)c3)n2)c1.C=CCOCc1cccc(N)c1. The third kappa shape index (κ3) is 17.9. The second-order valence-electron chi connectivity index (χ2n) is 12.6. The van der Waals surface area contributed by atoms with Crippen LogP contribution in [0, 0.1) is 0 Å². The summed E-state index contributed by atoms with van der Waals surface area (Å²) in [6.07, 6.45) is 12.1. The smallest absolute Gasteiger partial charge is 0.227 e. The molecule has 0 aliphatic rings. The fourth-order valence-corrected chi connectivity index (χ4v) is 5.30. The van der Waals surface area contributed by atoms with E-state index in [9.17, 15) is 0 Å². The van der Waals surface area contributed by atoms with Gasteiger partial charge in [-0.3, -0.25) is 0 Å². The summed E-state index contributed by atoms with van der Waals surface area (Å²) in [7, 11) is 0. The summed E-state index contributed by atoms with van der Waals surface area (Å²) in [5.41, 5.74) is 13.0. The van der Waals surface area contributed by atoms with Crippen molar-refractivity contribution in [3.8, 4) is 34.0 Å². The number of nitrogen functional groups attached to an aromatic ring is 1. The van der Waals surface area contributed by atoms with Gasteiger partial charge in [-0.15, -0.1) is 26.3 Å². The molecule has 0 bridgehead atoms. The molecule has 0 aliphatic heterocycles. The molecule has 6 rings (SSSR count). The number of rotatable bonds is 20. The number of hydrogen-bond donors (Lipinski definition) is 2. The fraction of sp³-hybridized carbons (Fsp3) is 0.184. The van der Waals surface area contributed by atoms with Crippen LogP contribution in [0.25, 0.3) is 22.5 Å². The number of benzene rings is 4. The van der Waals surface area contributed by atoms with Gasteiger partial charge in [-0.05, 0) is 96.2 Å². The van der Waals surface area contributed by atoms with E-state index in [4.69, 9.17) is 36.3 Å². The quantitative estimate of drug-likeness (QED) is 0.0332. The van der Waals surface area contributed by atoms with Gasteiger partial charge in [-0.2, -0.15) is 0 Å². The molecule has 11 heteroatoms. The van der Waals surface area contributed by atoms with Crippen LogP contribution in [0.2, 0.25) is 5.28 Å². The molecule has 2 aromatic heterocycles. The Balaban J connectivity index is 0.000000264. The Kier molecular flexibility index (Phi) is 22.3. The molecule has 0 unspecified atom stereocenters. The van der Waals surface area contributed by atoms with Crippen molar-refractivity contribution >= 4 is 28.9 Å². The van der Waals surface area contributed by atoms with Crippen molar-refractivity contribution in [2.45, 2.75) is 33.5 Å². The van der Waals surface area contributed by atoms with E-state index in [0.717, 1.165) is 69.4 Å². The van der Waals surface area contributed by atoms with E-state index in [1.807, 2.05) is 121 Å². The number of nitrogens with one attached hydrogen (secondary N) is 1. The minimum Gasteiger partial charge on any atom is -0.493 e. The summed E-state index contributed by atoms with van der Waals surface area (Å²) in [5.74, 6) is 2.15. The van der Waals surface area contributed by atoms with Crippen molar-refractivity contribution < 1.29 is 18.9 Å². The fourth-order valence-electron chi connectivity index (χ4n) is 5.16. The van der Waals surface area contributed by atoms with Gasteiger partial charge in [-0.25, -0.2) is 19.9 Å². The first-order valence-corrected chi connectivity index (χ1v) is 19.4. The van der Waals surface area contributed by atoms with Gasteiger partial charge in [0.2, 0.25) is 11.2 Å². The number of nitrogens with two attached hydrogens (primary N) is 1. The molecule has 10 nitrogen and oxygen atoms in total. The molecule has 0 saturated carbocycles. The Hall–Kier alpha value is -6.59. The molecule has 2 heterocycles. The number of hydrogen-bond acceptors (Lipinski definition) is 10. The highest BCUT2D eigenvalue weighted by molar-refractivity contribution is 6.28. The van der Waals surface area contributed by atoms with Crippen LogP contribution < -0.4 is 20.5 Å². The second-order valence-corrected chi connectivity index (χ2v) is 12.9. The van der Waals surface area contributed by atoms with Crippen LogP contribution in [0.4, 0.5) is 17.3 Å². The van der Waals surface area contributed by atoms with Crippen molar-refractivity contribution in [2.75, 3.05) is 37.5 Å². The van der Waals surface area contributed by atoms with Crippen molar-refractivity contribution in [1.29, 1.82) is 0 Å². The van der Waals surface area contributed by atoms with Gasteiger partial charge in [0.05, 0.1) is 51.0 Å². The van der Waals surface area contributed by atoms with Gasteiger partial charge in [0.25, 0.3) is 0 Å². The molecule has 0 spiro atoms. The zero-order valence-corrected chi connectivity index (χ0v) is 34.0. The maximum absolute atomic E-state index is 5.77. The minimum atomic E-state index is 0. The molecule has 0 fully saturated rings. The van der Waals surface area contributed by atoms with Crippen LogP contribution >= 0.6 is 11.6 Å². The predicted octanol–water partition coefficient (Wildman–Crippen LogP) is 11.9. The first-order chi connectivity index (χ1) is 28.9. The first-order valence-electron chi connectivity index (χ1n) is 19.0. The first kappa shape index (κ1) is 47.8. The third-order valence-electron chi connectivity index (χ3n) is 7.87. The van der Waals surface area contributed by atoms with Gasteiger partial charge < -0.3 is 30.0 Å². The Morgan fingerprint density at radius 1 is 0.600 bits per heavy atom. The normalized spacial score (nSPS) is 9.95. The molecule has 6 aromatic rings. The second kappa shape index (κ2) is 27.9. The van der Waals surface area contributed by atoms with E-state index in [1.165, 1.54) is 0 Å². The van der Waals surface area contributed by atoms with E-state index < -0.39 is 0 Å². The molecule has 3 N–H and O–H groups in total. The Morgan fingerprint density at radius 2 is 1.13 bits per heavy atom. The minimum absolute atomic E-state index is 0. The highest BCUT2D eigenvalue weighted by atomic mass is 35.5. The lowest BCUT2D eigenvalue weighted by molar-refractivity contribution is 0.149. The van der Waals surface area contributed by atoms with E-state index in [0.29, 0.717) is 45.6 Å². The average Bonchev–Trinajstić information content (AvgIpc) is 3.25. The molecule has 312 valence electrons. The van der Waals surface area contributed by atoms with E-state index in [1.54, 1.807) is 24.5 Å². The van der Waals surface area contributed by atoms with Gasteiger partial charge in [0.1, 0.15) is 11.5 Å². The molecule has 4 aromatic carbocycles. The largest absolute Gasteiger partial charge is 0.493 e. The molecule has 0 saturated heterocycles. The van der Waals surface area contributed by atoms with Gasteiger partial charge in [0, 0.05) is 34.9 Å². The van der Waals surface area contributed by atoms with Gasteiger partial charge >= 0.3 is 0 Å². The predicted molar refractivity (Wildman–Crippen MR) is 248 cm³/mol. The zero-order chi connectivity index (χ0) is 41.9. The Labute approximate surface area is 360 Å². The maximum atomic E-state index is 5.77. The maximum Gasteiger partial charge on any atom is 0.227 e. The van der Waals surface area contributed by atoms with Crippen molar-refractivity contribution in [1.82, 2.24) is 19.9 Å². The highest BCUT2D eigenvalue weighted by Crippen LogP contribution is 2.25. The topological polar surface area (TPSA) is 127 Å². The van der Waals surface area contributed by atoms with Crippen LogP contribution in [-0.2, 0) is 22.7 Å². The lowest BCUT2D eigenvalue weighted by atomic mass is 10.1. The highest BCUT2D eigenvalue weighted by Gasteiger charge is 2.06. The van der Waals surface area contributed by atoms with Crippen molar-refractivity contribution in [2.24, 2.45) is 0 Å². The summed E-state index contributed by atoms with van der Waals surface area (Å²) in [4.78, 5) is 17.0. The lowest BCUT2D eigenvalue weighted by Gasteiger charge is -2.10. The number of nitrogens with zero attached hydrogens (tertiary/aromatic N) is 4. The van der Waals surface area contributed by atoms with Gasteiger partial charge in [0.15, 0.2) is 0 Å². The molecule has 0 amide bonds. The van der Waals surface area contributed by atoms with E-state index in [2.05, 4.69) is 51.6 Å². The van der Waals surface area contributed by atoms with Crippen LogP contribution in [0.3, 0.4) is 0 Å². The molecule has 0 atom stereocenters. The van der Waals surface area contributed by atoms with Crippen LogP contribution in [0.15, 0.2) is 172 Å². The van der Waals surface area contributed by atoms with Crippen LogP contribution in [-0.4, -0.2) is 46.4 Å². The Morgan fingerprint density at radius 3 is 1.68 bits per heavy atom. The average molecular weight is 827 g/mol. The van der Waals surface area contributed by atoms with Crippen molar-refractivity contribution in [3.05, 3.63) is 189 Å². The number of halogens is 1. The summed E-state index contributed by atoms with van der Waals surface area (Å²) in [6.45, 7) is 18.0. The summed E-state index contributed by atoms with van der Waals surface area (Å²) < 4.78 is 22.1. The molecule has 0 aliphatic carbocycles. The van der Waals surface area contributed by atoms with Gasteiger partial charge in [-0.1, -0.05) is 80.3 Å². The van der Waals surface area contributed by atoms with Crippen LogP contribution in [0.5, 0.6) is 11.5 Å². The monoisotopic (exact) mass is 826 g/mol. The summed E-state index contributed by atoms with van der Waals surface area (Å²) >= 11 is 5.77. The van der Waals surface area contributed by atoms with Crippen LogP contribution in [0.1, 0.15) is 31.4 Å². The Bertz CT molecular complexity index is 2220. The molecule has 0 radical (unpaired) electrons. The van der Waals surface area contributed by atoms with E-state index >= 15 is 0 Å². The van der Waals surface area contributed by atoms with Crippen molar-refractivity contribution in [3.63, 3.8) is 0 Å². The standard InChI is InChI=1S/C24H25N3O2.C14H13ClN2O.C10H13NO.CH4/c1-3-5-15-29-22-11-7-9-20(17-22)23-12-13-25-24(27-23)26-21-10-6-8-19(16-21)18-28-14-4-2;1-2-3-9-18-12-6-4-5-11(10-12)13-7-8-16-14(15)17-13;1-2-6-12-8-9-4-3-5-10(11)7-9;/h3-4,6-13,16-17H,1-2,5,14-15,18H2,(H,25,26,27);2,4-8,10H,1,3,9H2;2-5,7H,1,6,8,11H2;1H4. The zero-order valence-electron chi connectivity index (χ0n) is 33.2. The number of anilines is 3. The summed E-state index contributed by atoms with van der Waals surface area (Å²) in [5, 5.41) is 3.50. The molecular weight excluding hydrogens is 772 g/mol. The molecule has 60 heavy (non-hydrogen) atoms. The summed E-state index contributed by atoms with van der Waals surface area (Å²) in [6, 6.07) is 35.0. The third-order valence-corrected chi connectivity index (χ3v) is 8.05. The number of aromatic nitrogens is 4.